The van der Waals surface area contributed by atoms with E-state index in [0.29, 0.717) is 32.4 Å². The second-order valence-corrected chi connectivity index (χ2v) is 10.4. The topological polar surface area (TPSA) is 89.4 Å². The quantitative estimate of drug-likeness (QED) is 0.323. The number of anilines is 1. The number of hydrogen-bond acceptors (Lipinski definition) is 6. The van der Waals surface area contributed by atoms with E-state index in [1.807, 2.05) is 62.5 Å². The number of fused-ring (bicyclic) bond motifs is 1. The van der Waals surface area contributed by atoms with Crippen LogP contribution in [0.25, 0.3) is 11.0 Å². The zero-order chi connectivity index (χ0) is 25.9. The first kappa shape index (κ1) is 25.7. The van der Waals surface area contributed by atoms with Crippen molar-refractivity contribution in [3.63, 3.8) is 0 Å². The Morgan fingerprint density at radius 1 is 1.19 bits per heavy atom. The van der Waals surface area contributed by atoms with Gasteiger partial charge in [-0.05, 0) is 62.0 Å². The number of carbonyl (C=O) groups is 2. The number of nitrogens with one attached hydrogen (secondary N) is 1. The minimum absolute atomic E-state index is 0.136. The lowest BCUT2D eigenvalue weighted by atomic mass is 10.0. The molecule has 4 rings (SSSR count). The van der Waals surface area contributed by atoms with Crippen LogP contribution in [0, 0.1) is 0 Å². The molecule has 0 aliphatic carbocycles. The number of hydrogen-bond donors (Lipinski definition) is 1. The lowest BCUT2D eigenvalue weighted by molar-refractivity contribution is -0.128. The molecule has 0 saturated heterocycles. The van der Waals surface area contributed by atoms with Gasteiger partial charge < -0.3 is 10.1 Å². The number of aromatic nitrogens is 3. The number of rotatable bonds is 9. The van der Waals surface area contributed by atoms with Crippen LogP contribution in [0.1, 0.15) is 38.1 Å². The van der Waals surface area contributed by atoms with E-state index >= 15 is 0 Å². The highest BCUT2D eigenvalue weighted by Crippen LogP contribution is 2.38. The average molecular weight is 526 g/mol. The summed E-state index contributed by atoms with van der Waals surface area (Å²) in [5.74, 6) is -0.252. The first-order chi connectivity index (χ1) is 17.2. The fourth-order valence-corrected chi connectivity index (χ4v) is 4.80. The van der Waals surface area contributed by atoms with Crippen molar-refractivity contribution in [2.45, 2.75) is 45.3 Å². The molecule has 0 aliphatic rings. The molecule has 1 atom stereocenters. The third-order valence-corrected chi connectivity index (χ3v) is 7.20. The largest absolute Gasteiger partial charge is 0.495 e. The maximum absolute atomic E-state index is 14.1. The van der Waals surface area contributed by atoms with Gasteiger partial charge in [0.2, 0.25) is 11.8 Å². The number of ether oxygens (including phenoxy) is 1. The molecule has 4 aromatic rings. The summed E-state index contributed by atoms with van der Waals surface area (Å²) in [5.41, 5.74) is 1.31. The Hall–Kier alpha value is -3.43. The number of amides is 2. The van der Waals surface area contributed by atoms with Gasteiger partial charge in [-0.1, -0.05) is 41.9 Å². The van der Waals surface area contributed by atoms with E-state index in [1.165, 1.54) is 28.0 Å². The number of thiophene rings is 1. The molecule has 2 aromatic heterocycles. The van der Waals surface area contributed by atoms with Crippen LogP contribution in [0.4, 0.5) is 5.69 Å². The van der Waals surface area contributed by atoms with Gasteiger partial charge in [0.25, 0.3) is 0 Å². The summed E-state index contributed by atoms with van der Waals surface area (Å²) in [6.07, 6.45) is 0.718. The van der Waals surface area contributed by atoms with Gasteiger partial charge in [-0.2, -0.15) is 0 Å². The molecule has 188 valence electrons. The van der Waals surface area contributed by atoms with Gasteiger partial charge >= 0.3 is 0 Å². The van der Waals surface area contributed by atoms with Gasteiger partial charge in [-0.25, -0.2) is 4.68 Å². The summed E-state index contributed by atoms with van der Waals surface area (Å²) in [5, 5.41) is 13.7. The van der Waals surface area contributed by atoms with E-state index in [9.17, 15) is 9.59 Å². The van der Waals surface area contributed by atoms with E-state index in [0.717, 1.165) is 6.42 Å². The molecule has 10 heteroatoms. The van der Waals surface area contributed by atoms with Crippen molar-refractivity contribution in [3.8, 4) is 5.75 Å². The van der Waals surface area contributed by atoms with E-state index in [1.54, 1.807) is 18.2 Å². The number of carbonyl (C=O) groups excluding carboxylic acids is 2. The highest BCUT2D eigenvalue weighted by molar-refractivity contribution is 7.10. The smallest absolute Gasteiger partial charge is 0.249 e. The number of nitrogens with zero attached hydrogens (tertiary/aromatic N) is 4. The molecule has 0 fully saturated rings. The van der Waals surface area contributed by atoms with Crippen molar-refractivity contribution in [3.05, 3.63) is 69.9 Å². The number of methoxy groups -OCH3 is 1. The first-order valence-electron chi connectivity index (χ1n) is 11.5. The molecule has 0 radical (unpaired) electrons. The Morgan fingerprint density at radius 2 is 1.97 bits per heavy atom. The predicted octanol–water partition coefficient (Wildman–Crippen LogP) is 5.23. The molecule has 0 spiro atoms. The third kappa shape index (κ3) is 5.37. The molecule has 2 aromatic carbocycles. The maximum Gasteiger partial charge on any atom is 0.249 e. The summed E-state index contributed by atoms with van der Waals surface area (Å²) in [6.45, 7) is 5.76. The standard InChI is InChI=1S/C26H28ClN5O3S/c1-5-26(2,3)28-25(34)24(22-11-8-14-36-22)32(20-15-17(27)12-13-21(20)35-4)23(33)16-31-19-10-7-6-9-18(19)29-30-31/h6-15,24H,5,16H2,1-4H3,(H,28,34). The first-order valence-corrected chi connectivity index (χ1v) is 12.8. The zero-order valence-corrected chi connectivity index (χ0v) is 22.1. The number of benzene rings is 2. The van der Waals surface area contributed by atoms with Crippen molar-refractivity contribution in [1.29, 1.82) is 0 Å². The van der Waals surface area contributed by atoms with Gasteiger partial charge in [0.05, 0.1) is 18.3 Å². The Balaban J connectivity index is 1.84. The van der Waals surface area contributed by atoms with Gasteiger partial charge in [-0.15, -0.1) is 16.4 Å². The molecular formula is C26H28ClN5O3S. The predicted molar refractivity (Wildman–Crippen MR) is 143 cm³/mol. The zero-order valence-electron chi connectivity index (χ0n) is 20.6. The maximum atomic E-state index is 14.1. The summed E-state index contributed by atoms with van der Waals surface area (Å²) < 4.78 is 7.12. The van der Waals surface area contributed by atoms with Gasteiger partial charge in [0.15, 0.2) is 0 Å². The fourth-order valence-electron chi connectivity index (χ4n) is 3.82. The van der Waals surface area contributed by atoms with Gasteiger partial charge in [0.1, 0.15) is 23.9 Å². The van der Waals surface area contributed by atoms with Crippen molar-refractivity contribution in [1.82, 2.24) is 20.3 Å². The average Bonchev–Trinajstić information content (AvgIpc) is 3.52. The Morgan fingerprint density at radius 3 is 2.67 bits per heavy atom. The van der Waals surface area contributed by atoms with Crippen LogP contribution in [-0.4, -0.2) is 39.5 Å². The number of halogens is 1. The molecule has 36 heavy (non-hydrogen) atoms. The van der Waals surface area contributed by atoms with Crippen LogP contribution in [0.15, 0.2) is 60.0 Å². The summed E-state index contributed by atoms with van der Waals surface area (Å²) in [4.78, 5) is 30.1. The summed E-state index contributed by atoms with van der Waals surface area (Å²) >= 11 is 7.76. The lowest BCUT2D eigenvalue weighted by Gasteiger charge is -2.34. The van der Waals surface area contributed by atoms with Crippen molar-refractivity contribution in [2.24, 2.45) is 0 Å². The summed E-state index contributed by atoms with van der Waals surface area (Å²) in [7, 11) is 1.51. The van der Waals surface area contributed by atoms with Gasteiger partial charge in [-0.3, -0.25) is 14.5 Å². The van der Waals surface area contributed by atoms with Crippen LogP contribution in [0.3, 0.4) is 0 Å². The van der Waals surface area contributed by atoms with Crippen LogP contribution in [-0.2, 0) is 16.1 Å². The molecule has 2 heterocycles. The highest BCUT2D eigenvalue weighted by atomic mass is 35.5. The second-order valence-electron chi connectivity index (χ2n) is 8.96. The Labute approximate surface area is 218 Å². The molecular weight excluding hydrogens is 498 g/mol. The molecule has 1 unspecified atom stereocenters. The van der Waals surface area contributed by atoms with Gasteiger partial charge in [0, 0.05) is 15.4 Å². The van der Waals surface area contributed by atoms with Crippen molar-refractivity contribution in [2.75, 3.05) is 12.0 Å². The minimum atomic E-state index is -0.953. The van der Waals surface area contributed by atoms with Crippen LogP contribution in [0.2, 0.25) is 5.02 Å². The molecule has 0 aliphatic heterocycles. The molecule has 2 amide bonds. The van der Waals surface area contributed by atoms with Crippen LogP contribution >= 0.6 is 22.9 Å². The van der Waals surface area contributed by atoms with E-state index in [-0.39, 0.29) is 18.4 Å². The van der Waals surface area contributed by atoms with Crippen LogP contribution < -0.4 is 15.0 Å². The lowest BCUT2D eigenvalue weighted by Crippen LogP contribution is -2.51. The SMILES string of the molecule is CCC(C)(C)NC(=O)C(c1cccs1)N(C(=O)Cn1nnc2ccccc21)c1cc(Cl)ccc1OC. The number of para-hydroxylation sites is 1. The summed E-state index contributed by atoms with van der Waals surface area (Å²) in [6, 6.07) is 15.1. The third-order valence-electron chi connectivity index (χ3n) is 6.04. The molecule has 0 saturated carbocycles. The van der Waals surface area contributed by atoms with Crippen LogP contribution in [0.5, 0.6) is 5.75 Å². The molecule has 8 nitrogen and oxygen atoms in total. The Bertz CT molecular complexity index is 1370. The fraction of sp³-hybridized carbons (Fsp3) is 0.308. The highest BCUT2D eigenvalue weighted by Gasteiger charge is 2.37. The van der Waals surface area contributed by atoms with Crippen molar-refractivity contribution >= 4 is 51.5 Å². The van der Waals surface area contributed by atoms with E-state index in [2.05, 4.69) is 15.6 Å². The Kier molecular flexibility index (Phi) is 7.61. The van der Waals surface area contributed by atoms with E-state index < -0.39 is 11.6 Å². The molecule has 0 bridgehead atoms. The van der Waals surface area contributed by atoms with Crippen molar-refractivity contribution < 1.29 is 14.3 Å². The monoisotopic (exact) mass is 525 g/mol. The van der Waals surface area contributed by atoms with E-state index in [4.69, 9.17) is 16.3 Å². The second kappa shape index (κ2) is 10.7. The molecule has 1 N–H and O–H groups in total. The normalized spacial score (nSPS) is 12.4. The minimum Gasteiger partial charge on any atom is -0.495 e.